The molecule has 1 fully saturated rings. The van der Waals surface area contributed by atoms with E-state index in [9.17, 15) is 5.11 Å². The number of methoxy groups -OCH3 is 1. The number of rotatable bonds is 5. The predicted molar refractivity (Wildman–Crippen MR) is 82.3 cm³/mol. The molecule has 1 atom stereocenters. The molecular weight excluding hydrogens is 250 g/mol. The Labute approximate surface area is 122 Å². The first-order chi connectivity index (χ1) is 9.61. The summed E-state index contributed by atoms with van der Waals surface area (Å²) in [7, 11) is 1.67. The third kappa shape index (κ3) is 3.74. The molecule has 1 aromatic rings. The molecule has 0 amide bonds. The largest absolute Gasteiger partial charge is 0.496 e. The van der Waals surface area contributed by atoms with Crippen molar-refractivity contribution >= 4 is 0 Å². The summed E-state index contributed by atoms with van der Waals surface area (Å²) in [6, 6.07) is 4.68. The van der Waals surface area contributed by atoms with E-state index in [1.165, 1.54) is 32.1 Å². The third-order valence-electron chi connectivity index (χ3n) is 4.22. The monoisotopic (exact) mass is 277 g/mol. The first kappa shape index (κ1) is 15.3. The molecule has 0 bridgehead atoms. The van der Waals surface area contributed by atoms with E-state index in [2.05, 4.69) is 18.3 Å². The molecule has 0 heterocycles. The fourth-order valence-corrected chi connectivity index (χ4v) is 3.21. The van der Waals surface area contributed by atoms with Gasteiger partial charge in [0.1, 0.15) is 5.75 Å². The molecule has 1 aliphatic carbocycles. The minimum Gasteiger partial charge on any atom is -0.496 e. The van der Waals surface area contributed by atoms with Crippen molar-refractivity contribution in [3.8, 4) is 5.75 Å². The summed E-state index contributed by atoms with van der Waals surface area (Å²) in [4.78, 5) is 0. The van der Waals surface area contributed by atoms with Crippen molar-refractivity contribution in [1.29, 1.82) is 0 Å². The van der Waals surface area contributed by atoms with Crippen molar-refractivity contribution in [3.05, 3.63) is 28.8 Å². The van der Waals surface area contributed by atoms with Crippen molar-refractivity contribution < 1.29 is 9.84 Å². The zero-order valence-corrected chi connectivity index (χ0v) is 12.9. The fraction of sp³-hybridized carbons (Fsp3) is 0.647. The van der Waals surface area contributed by atoms with E-state index in [-0.39, 0.29) is 0 Å². The molecule has 0 radical (unpaired) electrons. The van der Waals surface area contributed by atoms with Gasteiger partial charge in [0.2, 0.25) is 0 Å². The van der Waals surface area contributed by atoms with Crippen molar-refractivity contribution in [2.45, 2.75) is 58.1 Å². The average Bonchev–Trinajstić information content (AvgIpc) is 2.45. The Bertz CT molecular complexity index is 439. The second-order valence-electron chi connectivity index (χ2n) is 5.96. The number of hydrogen-bond donors (Lipinski definition) is 2. The lowest BCUT2D eigenvalue weighted by Gasteiger charge is -2.25. The molecule has 3 heteroatoms. The van der Waals surface area contributed by atoms with Gasteiger partial charge in [0.05, 0.1) is 13.2 Å². The van der Waals surface area contributed by atoms with E-state index in [1.807, 2.05) is 13.0 Å². The Morgan fingerprint density at radius 3 is 2.60 bits per heavy atom. The quantitative estimate of drug-likeness (QED) is 0.868. The Morgan fingerprint density at radius 1 is 1.25 bits per heavy atom. The number of nitrogens with one attached hydrogen (secondary N) is 1. The highest BCUT2D eigenvalue weighted by Crippen LogP contribution is 2.30. The van der Waals surface area contributed by atoms with Crippen LogP contribution in [0.4, 0.5) is 0 Å². The summed E-state index contributed by atoms with van der Waals surface area (Å²) in [5.41, 5.74) is 3.14. The number of hydrogen-bond acceptors (Lipinski definition) is 3. The average molecular weight is 277 g/mol. The minimum atomic E-state index is -0.509. The number of aliphatic hydroxyl groups is 1. The van der Waals surface area contributed by atoms with E-state index in [4.69, 9.17) is 4.74 Å². The van der Waals surface area contributed by atoms with Crippen LogP contribution in [0.15, 0.2) is 12.1 Å². The molecule has 112 valence electrons. The van der Waals surface area contributed by atoms with Crippen LogP contribution in [-0.4, -0.2) is 24.8 Å². The van der Waals surface area contributed by atoms with Crippen LogP contribution in [0.25, 0.3) is 0 Å². The molecule has 0 saturated heterocycles. The molecule has 0 aromatic heterocycles. The SMILES string of the molecule is COc1c(C)cc(C)cc1C(O)CNC1CCCCC1. The van der Waals surface area contributed by atoms with Crippen molar-refractivity contribution in [2.75, 3.05) is 13.7 Å². The molecule has 2 rings (SSSR count). The number of benzene rings is 1. The van der Waals surface area contributed by atoms with Gasteiger partial charge in [-0.2, -0.15) is 0 Å². The number of aliphatic hydroxyl groups excluding tert-OH is 1. The number of aryl methyl sites for hydroxylation is 2. The Hall–Kier alpha value is -1.06. The highest BCUT2D eigenvalue weighted by Gasteiger charge is 2.18. The topological polar surface area (TPSA) is 41.5 Å². The van der Waals surface area contributed by atoms with Gasteiger partial charge in [-0.1, -0.05) is 30.9 Å². The van der Waals surface area contributed by atoms with Crippen molar-refractivity contribution in [1.82, 2.24) is 5.32 Å². The molecule has 1 unspecified atom stereocenters. The van der Waals surface area contributed by atoms with Crippen LogP contribution in [0.2, 0.25) is 0 Å². The van der Waals surface area contributed by atoms with Gasteiger partial charge in [0, 0.05) is 18.2 Å². The van der Waals surface area contributed by atoms with E-state index in [0.29, 0.717) is 12.6 Å². The minimum absolute atomic E-state index is 0.509. The molecule has 3 nitrogen and oxygen atoms in total. The maximum atomic E-state index is 10.5. The highest BCUT2D eigenvalue weighted by molar-refractivity contribution is 5.45. The lowest BCUT2D eigenvalue weighted by molar-refractivity contribution is 0.161. The molecule has 0 spiro atoms. The van der Waals surface area contributed by atoms with Crippen LogP contribution in [0.1, 0.15) is 54.9 Å². The first-order valence-corrected chi connectivity index (χ1v) is 7.68. The van der Waals surface area contributed by atoms with Gasteiger partial charge >= 0.3 is 0 Å². The Balaban J connectivity index is 2.02. The smallest absolute Gasteiger partial charge is 0.127 e. The van der Waals surface area contributed by atoms with Gasteiger partial charge in [0.25, 0.3) is 0 Å². The van der Waals surface area contributed by atoms with Gasteiger partial charge in [0.15, 0.2) is 0 Å². The molecular formula is C17H27NO2. The van der Waals surface area contributed by atoms with Crippen LogP contribution < -0.4 is 10.1 Å². The van der Waals surface area contributed by atoms with E-state index in [0.717, 1.165) is 22.4 Å². The zero-order valence-electron chi connectivity index (χ0n) is 12.9. The van der Waals surface area contributed by atoms with E-state index < -0.39 is 6.10 Å². The van der Waals surface area contributed by atoms with Crippen LogP contribution in [0, 0.1) is 13.8 Å². The summed E-state index contributed by atoms with van der Waals surface area (Å²) in [6.07, 6.45) is 5.92. The molecule has 1 aromatic carbocycles. The van der Waals surface area contributed by atoms with Gasteiger partial charge < -0.3 is 15.2 Å². The predicted octanol–water partition coefficient (Wildman–Crippen LogP) is 3.27. The van der Waals surface area contributed by atoms with Crippen LogP contribution in [0.5, 0.6) is 5.75 Å². The van der Waals surface area contributed by atoms with Gasteiger partial charge in [-0.25, -0.2) is 0 Å². The maximum absolute atomic E-state index is 10.5. The van der Waals surface area contributed by atoms with E-state index in [1.54, 1.807) is 7.11 Å². The lowest BCUT2D eigenvalue weighted by atomic mass is 9.95. The highest BCUT2D eigenvalue weighted by atomic mass is 16.5. The van der Waals surface area contributed by atoms with Gasteiger partial charge in [-0.3, -0.25) is 0 Å². The van der Waals surface area contributed by atoms with Crippen molar-refractivity contribution in [3.63, 3.8) is 0 Å². The van der Waals surface area contributed by atoms with E-state index >= 15 is 0 Å². The molecule has 1 saturated carbocycles. The van der Waals surface area contributed by atoms with Gasteiger partial charge in [-0.15, -0.1) is 0 Å². The summed E-state index contributed by atoms with van der Waals surface area (Å²) in [6.45, 7) is 4.68. The van der Waals surface area contributed by atoms with Gasteiger partial charge in [-0.05, 0) is 38.3 Å². The first-order valence-electron chi connectivity index (χ1n) is 7.68. The summed E-state index contributed by atoms with van der Waals surface area (Å²) >= 11 is 0. The Kier molecular flexibility index (Phi) is 5.44. The standard InChI is InChI=1S/C17H27NO2/c1-12-9-13(2)17(20-3)15(10-12)16(19)11-18-14-7-5-4-6-8-14/h9-10,14,16,18-19H,4-8,11H2,1-3H3. The van der Waals surface area contributed by atoms with Crippen molar-refractivity contribution in [2.24, 2.45) is 0 Å². The summed E-state index contributed by atoms with van der Waals surface area (Å²) in [5, 5.41) is 14.0. The number of ether oxygens (including phenoxy) is 1. The fourth-order valence-electron chi connectivity index (χ4n) is 3.21. The molecule has 20 heavy (non-hydrogen) atoms. The molecule has 0 aliphatic heterocycles. The van der Waals surface area contributed by atoms with Crippen LogP contribution in [-0.2, 0) is 0 Å². The molecule has 2 N–H and O–H groups in total. The van der Waals surface area contributed by atoms with Crippen LogP contribution >= 0.6 is 0 Å². The summed E-state index contributed by atoms with van der Waals surface area (Å²) in [5.74, 6) is 0.813. The second kappa shape index (κ2) is 7.09. The second-order valence-corrected chi connectivity index (χ2v) is 5.96. The summed E-state index contributed by atoms with van der Waals surface area (Å²) < 4.78 is 5.46. The maximum Gasteiger partial charge on any atom is 0.127 e. The normalized spacial score (nSPS) is 18.0. The molecule has 1 aliphatic rings. The third-order valence-corrected chi connectivity index (χ3v) is 4.22. The zero-order chi connectivity index (χ0) is 14.5. The Morgan fingerprint density at radius 2 is 1.95 bits per heavy atom. The van der Waals surface area contributed by atoms with Crippen LogP contribution in [0.3, 0.4) is 0 Å². The lowest BCUT2D eigenvalue weighted by Crippen LogP contribution is -2.34.